The minimum absolute atomic E-state index is 0. The molecular weight excluding hydrogens is 356 g/mol. The second-order valence-electron chi connectivity index (χ2n) is 5.97. The van der Waals surface area contributed by atoms with E-state index in [9.17, 15) is 4.79 Å². The fraction of sp³-hybridized carbons (Fsp3) is 0.444. The molecule has 1 aliphatic rings. The van der Waals surface area contributed by atoms with E-state index in [0.717, 1.165) is 37.1 Å². The molecule has 7 nitrogen and oxygen atoms in total. The molecule has 0 aliphatic carbocycles. The summed E-state index contributed by atoms with van der Waals surface area (Å²) >= 11 is 0. The molecule has 0 fully saturated rings. The first kappa shape index (κ1) is 20.1. The SMILES string of the molecule is CCCCOc1ccc(OC)cc1NC(=O)c1n[nH]c2c1CNCC2.Cl. The Morgan fingerprint density at radius 1 is 1.38 bits per heavy atom. The van der Waals surface area contributed by atoms with E-state index in [1.54, 1.807) is 13.2 Å². The standard InChI is InChI=1S/C18H24N4O3.ClH/c1-3-4-9-25-16-6-5-12(24-2)10-15(16)20-18(23)17-13-11-19-8-7-14(13)21-22-17;/h5-6,10,19H,3-4,7-9,11H2,1-2H3,(H,20,23)(H,21,22);1H. The van der Waals surface area contributed by atoms with Crippen molar-refractivity contribution in [3.8, 4) is 11.5 Å². The molecule has 1 aliphatic heterocycles. The van der Waals surface area contributed by atoms with Crippen LogP contribution in [0.15, 0.2) is 18.2 Å². The summed E-state index contributed by atoms with van der Waals surface area (Å²) < 4.78 is 11.1. The van der Waals surface area contributed by atoms with E-state index in [1.165, 1.54) is 0 Å². The van der Waals surface area contributed by atoms with Crippen molar-refractivity contribution < 1.29 is 14.3 Å². The zero-order valence-electron chi connectivity index (χ0n) is 15.1. The number of unbranched alkanes of at least 4 members (excludes halogenated alkanes) is 1. The lowest BCUT2D eigenvalue weighted by molar-refractivity contribution is 0.102. The fourth-order valence-corrected chi connectivity index (χ4v) is 2.78. The maximum atomic E-state index is 12.7. The van der Waals surface area contributed by atoms with Crippen LogP contribution in [0.3, 0.4) is 0 Å². The average molecular weight is 381 g/mol. The molecule has 1 aromatic heterocycles. The third kappa shape index (κ3) is 4.47. The predicted molar refractivity (Wildman–Crippen MR) is 103 cm³/mol. The summed E-state index contributed by atoms with van der Waals surface area (Å²) in [4.78, 5) is 12.7. The normalized spacial score (nSPS) is 12.7. The molecule has 1 amide bonds. The number of ether oxygens (including phenoxy) is 2. The van der Waals surface area contributed by atoms with Crippen molar-refractivity contribution in [2.45, 2.75) is 32.7 Å². The number of nitrogens with one attached hydrogen (secondary N) is 3. The number of aromatic amines is 1. The van der Waals surface area contributed by atoms with Crippen molar-refractivity contribution >= 4 is 24.0 Å². The zero-order valence-corrected chi connectivity index (χ0v) is 15.9. The van der Waals surface area contributed by atoms with Crippen LogP contribution in [-0.4, -0.2) is 36.4 Å². The molecule has 2 heterocycles. The minimum Gasteiger partial charge on any atom is -0.497 e. The first-order valence-electron chi connectivity index (χ1n) is 8.62. The molecule has 0 saturated heterocycles. The van der Waals surface area contributed by atoms with Gasteiger partial charge in [0.2, 0.25) is 0 Å². The molecule has 3 rings (SSSR count). The number of methoxy groups -OCH3 is 1. The van der Waals surface area contributed by atoms with Crippen molar-refractivity contribution in [2.24, 2.45) is 0 Å². The zero-order chi connectivity index (χ0) is 17.6. The molecule has 0 radical (unpaired) electrons. The lowest BCUT2D eigenvalue weighted by Crippen LogP contribution is -2.25. The van der Waals surface area contributed by atoms with Crippen molar-refractivity contribution in [1.29, 1.82) is 0 Å². The van der Waals surface area contributed by atoms with Crippen molar-refractivity contribution in [1.82, 2.24) is 15.5 Å². The average Bonchev–Trinajstić information content (AvgIpc) is 3.07. The number of nitrogens with zero attached hydrogens (tertiary/aromatic N) is 1. The van der Waals surface area contributed by atoms with E-state index in [-0.39, 0.29) is 18.3 Å². The molecule has 0 saturated carbocycles. The molecule has 3 N–H and O–H groups in total. The number of hydrogen-bond donors (Lipinski definition) is 3. The second kappa shape index (κ2) is 9.45. The number of carbonyl (C=O) groups excluding carboxylic acids is 1. The highest BCUT2D eigenvalue weighted by atomic mass is 35.5. The van der Waals surface area contributed by atoms with Crippen LogP contribution in [0.2, 0.25) is 0 Å². The van der Waals surface area contributed by atoms with E-state index < -0.39 is 0 Å². The summed E-state index contributed by atoms with van der Waals surface area (Å²) in [5.74, 6) is 1.03. The highest BCUT2D eigenvalue weighted by Gasteiger charge is 2.22. The van der Waals surface area contributed by atoms with Gasteiger partial charge in [-0.1, -0.05) is 13.3 Å². The Labute approximate surface area is 159 Å². The predicted octanol–water partition coefficient (Wildman–Crippen LogP) is 2.92. The molecule has 0 unspecified atom stereocenters. The van der Waals surface area contributed by atoms with Gasteiger partial charge in [0.1, 0.15) is 11.5 Å². The number of hydrogen-bond acceptors (Lipinski definition) is 5. The minimum atomic E-state index is -0.255. The lowest BCUT2D eigenvalue weighted by Gasteiger charge is -2.15. The van der Waals surface area contributed by atoms with Crippen LogP contribution in [0.5, 0.6) is 11.5 Å². The van der Waals surface area contributed by atoms with E-state index in [1.807, 2.05) is 12.1 Å². The van der Waals surface area contributed by atoms with Gasteiger partial charge in [-0.25, -0.2) is 0 Å². The maximum absolute atomic E-state index is 12.7. The van der Waals surface area contributed by atoms with Crippen LogP contribution in [-0.2, 0) is 13.0 Å². The fourth-order valence-electron chi connectivity index (χ4n) is 2.78. The van der Waals surface area contributed by atoms with Gasteiger partial charge in [-0.05, 0) is 18.6 Å². The largest absolute Gasteiger partial charge is 0.497 e. The lowest BCUT2D eigenvalue weighted by atomic mass is 10.1. The van der Waals surface area contributed by atoms with Crippen LogP contribution >= 0.6 is 12.4 Å². The Morgan fingerprint density at radius 3 is 3.00 bits per heavy atom. The van der Waals surface area contributed by atoms with Crippen LogP contribution in [0.1, 0.15) is 41.5 Å². The van der Waals surface area contributed by atoms with Crippen LogP contribution < -0.4 is 20.1 Å². The topological polar surface area (TPSA) is 88.3 Å². The third-order valence-corrected chi connectivity index (χ3v) is 4.21. The van der Waals surface area contributed by atoms with Gasteiger partial charge in [-0.15, -0.1) is 12.4 Å². The smallest absolute Gasteiger partial charge is 0.276 e. The third-order valence-electron chi connectivity index (χ3n) is 4.21. The van der Waals surface area contributed by atoms with Crippen LogP contribution in [0.25, 0.3) is 0 Å². The Morgan fingerprint density at radius 2 is 2.23 bits per heavy atom. The summed E-state index contributed by atoms with van der Waals surface area (Å²) in [7, 11) is 1.59. The van der Waals surface area contributed by atoms with Crippen molar-refractivity contribution in [3.63, 3.8) is 0 Å². The van der Waals surface area contributed by atoms with E-state index in [4.69, 9.17) is 9.47 Å². The summed E-state index contributed by atoms with van der Waals surface area (Å²) in [5, 5.41) is 13.3. The summed E-state index contributed by atoms with van der Waals surface area (Å²) in [6.45, 7) is 4.25. The number of aromatic nitrogens is 2. The quantitative estimate of drug-likeness (QED) is 0.643. The maximum Gasteiger partial charge on any atom is 0.276 e. The van der Waals surface area contributed by atoms with Gasteiger partial charge in [0.25, 0.3) is 5.91 Å². The number of H-pyrrole nitrogens is 1. The molecule has 0 spiro atoms. The number of carbonyl (C=O) groups is 1. The molecule has 2 aromatic rings. The van der Waals surface area contributed by atoms with Crippen LogP contribution in [0, 0.1) is 0 Å². The molecule has 1 aromatic carbocycles. The summed E-state index contributed by atoms with van der Waals surface area (Å²) in [5.41, 5.74) is 2.96. The number of anilines is 1. The van der Waals surface area contributed by atoms with Gasteiger partial charge in [0, 0.05) is 36.8 Å². The number of rotatable bonds is 7. The van der Waals surface area contributed by atoms with Crippen molar-refractivity contribution in [2.75, 3.05) is 25.6 Å². The first-order chi connectivity index (χ1) is 12.2. The van der Waals surface area contributed by atoms with Gasteiger partial charge < -0.3 is 20.1 Å². The van der Waals surface area contributed by atoms with Gasteiger partial charge in [0.05, 0.1) is 19.4 Å². The van der Waals surface area contributed by atoms with Gasteiger partial charge in [-0.2, -0.15) is 5.10 Å². The number of benzene rings is 1. The molecule has 142 valence electrons. The van der Waals surface area contributed by atoms with Gasteiger partial charge >= 0.3 is 0 Å². The Hall–Kier alpha value is -2.25. The van der Waals surface area contributed by atoms with E-state index in [2.05, 4.69) is 27.8 Å². The molecule has 26 heavy (non-hydrogen) atoms. The van der Waals surface area contributed by atoms with Gasteiger partial charge in [-0.3, -0.25) is 9.89 Å². The molecule has 0 bridgehead atoms. The summed E-state index contributed by atoms with van der Waals surface area (Å²) in [6, 6.07) is 5.39. The number of fused-ring (bicyclic) bond motifs is 1. The Balaban J connectivity index is 0.00000243. The summed E-state index contributed by atoms with van der Waals surface area (Å²) in [6.07, 6.45) is 2.85. The highest BCUT2D eigenvalue weighted by molar-refractivity contribution is 6.05. The van der Waals surface area contributed by atoms with Gasteiger partial charge in [0.15, 0.2) is 5.69 Å². The number of halogens is 1. The second-order valence-corrected chi connectivity index (χ2v) is 5.97. The highest BCUT2D eigenvalue weighted by Crippen LogP contribution is 2.30. The Kier molecular flexibility index (Phi) is 7.29. The Bertz CT molecular complexity index is 748. The number of amides is 1. The molecule has 0 atom stereocenters. The molecular formula is C18H25ClN4O3. The van der Waals surface area contributed by atoms with E-state index in [0.29, 0.717) is 36.0 Å². The molecule has 8 heteroatoms. The van der Waals surface area contributed by atoms with E-state index >= 15 is 0 Å². The first-order valence-corrected chi connectivity index (χ1v) is 8.62. The monoisotopic (exact) mass is 380 g/mol. The van der Waals surface area contributed by atoms with Crippen LogP contribution in [0.4, 0.5) is 5.69 Å². The van der Waals surface area contributed by atoms with Crippen molar-refractivity contribution in [3.05, 3.63) is 35.2 Å².